The zero-order valence-corrected chi connectivity index (χ0v) is 19.0. The van der Waals surface area contributed by atoms with Crippen molar-refractivity contribution in [3.05, 3.63) is 58.1 Å². The molecule has 0 unspecified atom stereocenters. The fourth-order valence-corrected chi connectivity index (χ4v) is 5.13. The molecule has 148 valence electrons. The van der Waals surface area contributed by atoms with Crippen molar-refractivity contribution in [1.29, 1.82) is 0 Å². The van der Waals surface area contributed by atoms with Crippen molar-refractivity contribution in [2.75, 3.05) is 20.3 Å². The van der Waals surface area contributed by atoms with Crippen molar-refractivity contribution in [2.45, 2.75) is 25.0 Å². The molecule has 0 radical (unpaired) electrons. The van der Waals surface area contributed by atoms with E-state index in [4.69, 9.17) is 21.7 Å². The number of rotatable bonds is 8. The molecular formula is C21H22BrNO3S2. The van der Waals surface area contributed by atoms with E-state index in [2.05, 4.69) is 28.1 Å². The molecule has 2 aromatic rings. The Hall–Kier alpha value is -1.57. The summed E-state index contributed by atoms with van der Waals surface area (Å²) in [5, 5.41) is -0.220. The highest BCUT2D eigenvalue weighted by atomic mass is 79.9. The molecule has 1 atom stereocenters. The van der Waals surface area contributed by atoms with Gasteiger partial charge < -0.3 is 9.47 Å². The smallest absolute Gasteiger partial charge is 0.241 e. The number of carbonyl (C=O) groups is 1. The average molecular weight is 480 g/mol. The van der Waals surface area contributed by atoms with Gasteiger partial charge in [0, 0.05) is 11.0 Å². The number of benzene rings is 2. The quantitative estimate of drug-likeness (QED) is 0.504. The van der Waals surface area contributed by atoms with Gasteiger partial charge in [-0.15, -0.1) is 0 Å². The lowest BCUT2D eigenvalue weighted by atomic mass is 10.1. The topological polar surface area (TPSA) is 38.8 Å². The van der Waals surface area contributed by atoms with Crippen LogP contribution in [0.4, 0.5) is 0 Å². The Morgan fingerprint density at radius 1 is 1.21 bits per heavy atom. The van der Waals surface area contributed by atoms with Crippen LogP contribution in [0.2, 0.25) is 0 Å². The zero-order valence-electron chi connectivity index (χ0n) is 15.8. The van der Waals surface area contributed by atoms with Crippen LogP contribution in [0.1, 0.15) is 18.1 Å². The highest BCUT2D eigenvalue weighted by Gasteiger charge is 2.37. The Labute approximate surface area is 183 Å². The Bertz CT molecular complexity index is 860. The molecule has 1 heterocycles. The first-order chi connectivity index (χ1) is 13.5. The van der Waals surface area contributed by atoms with Crippen molar-refractivity contribution in [3.8, 4) is 11.5 Å². The van der Waals surface area contributed by atoms with Gasteiger partial charge in [0.25, 0.3) is 0 Å². The summed E-state index contributed by atoms with van der Waals surface area (Å²) in [7, 11) is 1.61. The van der Waals surface area contributed by atoms with E-state index in [0.29, 0.717) is 35.4 Å². The molecule has 0 spiro atoms. The summed E-state index contributed by atoms with van der Waals surface area (Å²) in [5.41, 5.74) is 2.20. The summed E-state index contributed by atoms with van der Waals surface area (Å²) < 4.78 is 12.6. The molecule has 0 aliphatic carbocycles. The number of thiocarbonyl (C=S) groups is 1. The number of methoxy groups -OCH3 is 1. The van der Waals surface area contributed by atoms with Crippen molar-refractivity contribution in [1.82, 2.24) is 4.90 Å². The van der Waals surface area contributed by atoms with Gasteiger partial charge in [-0.25, -0.2) is 0 Å². The van der Waals surface area contributed by atoms with Gasteiger partial charge in [-0.3, -0.25) is 9.69 Å². The monoisotopic (exact) mass is 479 g/mol. The second kappa shape index (κ2) is 9.76. The van der Waals surface area contributed by atoms with Gasteiger partial charge in [-0.2, -0.15) is 0 Å². The predicted octanol–water partition coefficient (Wildman–Crippen LogP) is 4.87. The fraction of sp³-hybridized carbons (Fsp3) is 0.333. The molecular weight excluding hydrogens is 458 g/mol. The lowest BCUT2D eigenvalue weighted by Crippen LogP contribution is -2.33. The average Bonchev–Trinajstić information content (AvgIpc) is 2.96. The van der Waals surface area contributed by atoms with E-state index in [1.165, 1.54) is 17.3 Å². The lowest BCUT2D eigenvalue weighted by Gasteiger charge is -2.16. The van der Waals surface area contributed by atoms with Crippen molar-refractivity contribution < 1.29 is 14.3 Å². The Kier molecular flexibility index (Phi) is 7.37. The molecule has 1 saturated heterocycles. The maximum absolute atomic E-state index is 12.9. The minimum atomic E-state index is -0.220. The molecule has 1 amide bonds. The number of hydrogen-bond acceptors (Lipinski definition) is 5. The molecule has 0 bridgehead atoms. The standard InChI is InChI=1S/C21H22BrNO3S2/c1-3-26-18-11-15(16(22)13-17(18)25-2)12-19-20(24)23(21(27)28-19)10-9-14-7-5-4-6-8-14/h4-8,11,13,19H,3,9-10,12H2,1-2H3/t19-/m1/s1. The van der Waals surface area contributed by atoms with Crippen molar-refractivity contribution >= 4 is 50.1 Å². The van der Waals surface area contributed by atoms with Crippen LogP contribution in [0.15, 0.2) is 46.9 Å². The second-order valence-electron chi connectivity index (χ2n) is 6.33. The predicted molar refractivity (Wildman–Crippen MR) is 121 cm³/mol. The summed E-state index contributed by atoms with van der Waals surface area (Å²) in [6, 6.07) is 14.0. The van der Waals surface area contributed by atoms with E-state index >= 15 is 0 Å². The van der Waals surface area contributed by atoms with Crippen LogP contribution in [0, 0.1) is 0 Å². The van der Waals surface area contributed by atoms with Crippen LogP contribution in [0.25, 0.3) is 0 Å². The molecule has 1 aliphatic heterocycles. The molecule has 4 nitrogen and oxygen atoms in total. The third kappa shape index (κ3) is 4.88. The van der Waals surface area contributed by atoms with E-state index < -0.39 is 0 Å². The molecule has 7 heteroatoms. The Balaban J connectivity index is 1.70. The third-order valence-corrected chi connectivity index (χ3v) is 6.83. The third-order valence-electron chi connectivity index (χ3n) is 4.51. The van der Waals surface area contributed by atoms with Gasteiger partial charge in [0.1, 0.15) is 4.32 Å². The number of ether oxygens (including phenoxy) is 2. The maximum atomic E-state index is 12.9. The van der Waals surface area contributed by atoms with Crippen LogP contribution >= 0.6 is 39.9 Å². The molecule has 3 rings (SSSR count). The minimum absolute atomic E-state index is 0.0756. The van der Waals surface area contributed by atoms with Gasteiger partial charge in [0.05, 0.1) is 19.0 Å². The summed E-state index contributed by atoms with van der Waals surface area (Å²) in [6.07, 6.45) is 1.37. The first-order valence-electron chi connectivity index (χ1n) is 9.08. The summed E-state index contributed by atoms with van der Waals surface area (Å²) in [5.74, 6) is 1.43. The Morgan fingerprint density at radius 2 is 1.96 bits per heavy atom. The number of amides is 1. The number of carbonyl (C=O) groups excluding carboxylic acids is 1. The van der Waals surface area contributed by atoms with Crippen LogP contribution in [-0.2, 0) is 17.6 Å². The highest BCUT2D eigenvalue weighted by molar-refractivity contribution is 9.10. The van der Waals surface area contributed by atoms with E-state index in [-0.39, 0.29) is 11.2 Å². The minimum Gasteiger partial charge on any atom is -0.493 e. The normalized spacial score (nSPS) is 16.5. The van der Waals surface area contributed by atoms with Crippen LogP contribution in [-0.4, -0.2) is 40.6 Å². The van der Waals surface area contributed by atoms with Crippen LogP contribution < -0.4 is 9.47 Å². The molecule has 0 aromatic heterocycles. The van der Waals surface area contributed by atoms with Gasteiger partial charge >= 0.3 is 0 Å². The SMILES string of the molecule is CCOc1cc(C[C@H]2SC(=S)N(CCc3ccccc3)C2=O)c(Br)cc1OC. The van der Waals surface area contributed by atoms with Crippen molar-refractivity contribution in [2.24, 2.45) is 0 Å². The summed E-state index contributed by atoms with van der Waals surface area (Å²) >= 11 is 10.5. The van der Waals surface area contributed by atoms with E-state index in [1.807, 2.05) is 37.3 Å². The molecule has 1 aliphatic rings. The number of thioether (sulfide) groups is 1. The van der Waals surface area contributed by atoms with Gasteiger partial charge in [0.2, 0.25) is 5.91 Å². The van der Waals surface area contributed by atoms with Gasteiger partial charge in [-0.05, 0) is 43.0 Å². The molecule has 28 heavy (non-hydrogen) atoms. The molecule has 0 N–H and O–H groups in total. The highest BCUT2D eigenvalue weighted by Crippen LogP contribution is 2.37. The summed E-state index contributed by atoms with van der Waals surface area (Å²) in [4.78, 5) is 14.7. The summed E-state index contributed by atoms with van der Waals surface area (Å²) in [6.45, 7) is 3.09. The Morgan fingerprint density at radius 3 is 2.64 bits per heavy atom. The maximum Gasteiger partial charge on any atom is 0.241 e. The van der Waals surface area contributed by atoms with E-state index in [0.717, 1.165) is 16.5 Å². The lowest BCUT2D eigenvalue weighted by molar-refractivity contribution is -0.126. The van der Waals surface area contributed by atoms with E-state index in [1.54, 1.807) is 12.0 Å². The van der Waals surface area contributed by atoms with Gasteiger partial charge in [0.15, 0.2) is 11.5 Å². The van der Waals surface area contributed by atoms with Crippen molar-refractivity contribution in [3.63, 3.8) is 0 Å². The number of halogens is 1. The zero-order chi connectivity index (χ0) is 20.1. The molecule has 2 aromatic carbocycles. The van der Waals surface area contributed by atoms with E-state index in [9.17, 15) is 4.79 Å². The van der Waals surface area contributed by atoms with Gasteiger partial charge in [-0.1, -0.05) is 70.2 Å². The largest absolute Gasteiger partial charge is 0.493 e. The molecule has 1 fully saturated rings. The number of hydrogen-bond donors (Lipinski definition) is 0. The fourth-order valence-electron chi connectivity index (χ4n) is 3.08. The molecule has 0 saturated carbocycles. The van der Waals surface area contributed by atoms with Crippen LogP contribution in [0.5, 0.6) is 11.5 Å². The second-order valence-corrected chi connectivity index (χ2v) is 9.02. The first-order valence-corrected chi connectivity index (χ1v) is 11.2. The van der Waals surface area contributed by atoms with Crippen LogP contribution in [0.3, 0.4) is 0 Å². The first kappa shape index (κ1) is 21.1. The number of nitrogens with zero attached hydrogens (tertiary/aromatic N) is 1.